The summed E-state index contributed by atoms with van der Waals surface area (Å²) in [6.45, 7) is 2.25. The molecule has 0 bridgehead atoms. The van der Waals surface area contributed by atoms with E-state index in [-0.39, 0.29) is 12.4 Å². The topological polar surface area (TPSA) is 87.3 Å². The molecule has 3 aromatic rings. The molecule has 0 saturated carbocycles. The third-order valence-electron chi connectivity index (χ3n) is 4.01. The molecule has 0 aliphatic heterocycles. The highest BCUT2D eigenvalue weighted by Gasteiger charge is 2.10. The Balaban J connectivity index is 1.42. The van der Waals surface area contributed by atoms with Gasteiger partial charge >= 0.3 is 5.97 Å². The molecule has 0 spiro atoms. The molecule has 0 radical (unpaired) electrons. The Labute approximate surface area is 157 Å². The first kappa shape index (κ1) is 18.6. The van der Waals surface area contributed by atoms with Crippen molar-refractivity contribution in [2.75, 3.05) is 13.7 Å². The SMILES string of the molecule is COc1cc(CC(=O)OCCCc2nc(-c3cccnc3)no2)ccc1C. The van der Waals surface area contributed by atoms with Gasteiger partial charge in [-0.25, -0.2) is 0 Å². The average molecular weight is 367 g/mol. The van der Waals surface area contributed by atoms with Crippen LogP contribution in [-0.2, 0) is 22.4 Å². The van der Waals surface area contributed by atoms with E-state index in [9.17, 15) is 4.79 Å². The van der Waals surface area contributed by atoms with Crippen LogP contribution in [0.5, 0.6) is 5.75 Å². The lowest BCUT2D eigenvalue weighted by atomic mass is 10.1. The number of ether oxygens (including phenoxy) is 2. The summed E-state index contributed by atoms with van der Waals surface area (Å²) >= 11 is 0. The van der Waals surface area contributed by atoms with E-state index in [0.29, 0.717) is 31.2 Å². The van der Waals surface area contributed by atoms with Gasteiger partial charge in [0.15, 0.2) is 0 Å². The molecule has 7 heteroatoms. The number of benzene rings is 1. The maximum Gasteiger partial charge on any atom is 0.310 e. The van der Waals surface area contributed by atoms with Crippen molar-refractivity contribution in [3.63, 3.8) is 0 Å². The summed E-state index contributed by atoms with van der Waals surface area (Å²) in [6, 6.07) is 9.36. The quantitative estimate of drug-likeness (QED) is 0.446. The number of hydrogen-bond acceptors (Lipinski definition) is 7. The summed E-state index contributed by atoms with van der Waals surface area (Å²) in [4.78, 5) is 20.3. The second-order valence-electron chi connectivity index (χ2n) is 6.06. The van der Waals surface area contributed by atoms with E-state index in [0.717, 1.165) is 22.4 Å². The molecule has 0 aliphatic carbocycles. The average Bonchev–Trinajstić information content (AvgIpc) is 3.16. The molecule has 0 atom stereocenters. The van der Waals surface area contributed by atoms with Crippen molar-refractivity contribution in [3.05, 3.63) is 59.7 Å². The summed E-state index contributed by atoms with van der Waals surface area (Å²) in [5, 5.41) is 3.93. The zero-order valence-electron chi connectivity index (χ0n) is 15.3. The zero-order valence-corrected chi connectivity index (χ0v) is 15.3. The smallest absolute Gasteiger partial charge is 0.310 e. The minimum absolute atomic E-state index is 0.211. The van der Waals surface area contributed by atoms with Crippen LogP contribution >= 0.6 is 0 Å². The summed E-state index contributed by atoms with van der Waals surface area (Å²) in [6.07, 6.45) is 4.72. The van der Waals surface area contributed by atoms with Crippen LogP contribution in [0.4, 0.5) is 0 Å². The molecule has 7 nitrogen and oxygen atoms in total. The first-order valence-corrected chi connectivity index (χ1v) is 8.68. The fourth-order valence-electron chi connectivity index (χ4n) is 2.57. The minimum atomic E-state index is -0.275. The standard InChI is InChI=1S/C20H21N3O4/c1-14-7-8-15(11-17(14)25-2)12-19(24)26-10-4-6-18-22-20(23-27-18)16-5-3-9-21-13-16/h3,5,7-9,11,13H,4,6,10,12H2,1-2H3. The molecule has 0 saturated heterocycles. The predicted octanol–water partition coefficient (Wildman–Crippen LogP) is 3.17. The number of carbonyl (C=O) groups is 1. The first-order chi connectivity index (χ1) is 13.2. The molecule has 140 valence electrons. The lowest BCUT2D eigenvalue weighted by Gasteiger charge is -2.08. The lowest BCUT2D eigenvalue weighted by Crippen LogP contribution is -2.10. The van der Waals surface area contributed by atoms with Gasteiger partial charge in [0, 0.05) is 24.4 Å². The van der Waals surface area contributed by atoms with E-state index in [2.05, 4.69) is 15.1 Å². The molecule has 0 amide bonds. The van der Waals surface area contributed by atoms with Crippen molar-refractivity contribution < 1.29 is 18.8 Å². The molecule has 2 aromatic heterocycles. The van der Waals surface area contributed by atoms with Crippen molar-refractivity contribution in [2.45, 2.75) is 26.2 Å². The lowest BCUT2D eigenvalue weighted by molar-refractivity contribution is -0.142. The second kappa shape index (κ2) is 8.93. The number of hydrogen-bond donors (Lipinski definition) is 0. The third-order valence-corrected chi connectivity index (χ3v) is 4.01. The Bertz CT molecular complexity index is 893. The third kappa shape index (κ3) is 5.13. The van der Waals surface area contributed by atoms with Crippen LogP contribution in [-0.4, -0.2) is 34.8 Å². The maximum atomic E-state index is 12.0. The van der Waals surface area contributed by atoms with Crippen molar-refractivity contribution in [3.8, 4) is 17.1 Å². The van der Waals surface area contributed by atoms with E-state index in [4.69, 9.17) is 14.0 Å². The van der Waals surface area contributed by atoms with Crippen LogP contribution in [0, 0.1) is 6.92 Å². The van der Waals surface area contributed by atoms with Gasteiger partial charge in [0.25, 0.3) is 0 Å². The highest BCUT2D eigenvalue weighted by molar-refractivity contribution is 5.72. The highest BCUT2D eigenvalue weighted by atomic mass is 16.5. The van der Waals surface area contributed by atoms with E-state index < -0.39 is 0 Å². The Hall–Kier alpha value is -3.22. The van der Waals surface area contributed by atoms with Gasteiger partial charge in [-0.2, -0.15) is 4.98 Å². The molecular formula is C20H21N3O4. The first-order valence-electron chi connectivity index (χ1n) is 8.68. The molecule has 3 rings (SSSR count). The fourth-order valence-corrected chi connectivity index (χ4v) is 2.57. The van der Waals surface area contributed by atoms with Gasteiger partial charge in [0.05, 0.1) is 20.1 Å². The molecule has 0 unspecified atom stereocenters. The number of aryl methyl sites for hydroxylation is 2. The Morgan fingerprint density at radius 1 is 1.26 bits per heavy atom. The van der Waals surface area contributed by atoms with E-state index >= 15 is 0 Å². The summed E-state index contributed by atoms with van der Waals surface area (Å²) in [5.41, 5.74) is 2.69. The van der Waals surface area contributed by atoms with Gasteiger partial charge in [-0.15, -0.1) is 0 Å². The van der Waals surface area contributed by atoms with E-state index in [1.165, 1.54) is 0 Å². The largest absolute Gasteiger partial charge is 0.496 e. The molecule has 0 fully saturated rings. The molecule has 27 heavy (non-hydrogen) atoms. The number of esters is 1. The van der Waals surface area contributed by atoms with Crippen molar-refractivity contribution in [1.82, 2.24) is 15.1 Å². The van der Waals surface area contributed by atoms with Gasteiger partial charge in [-0.1, -0.05) is 17.3 Å². The molecule has 0 N–H and O–H groups in total. The Morgan fingerprint density at radius 3 is 2.93 bits per heavy atom. The monoisotopic (exact) mass is 367 g/mol. The van der Waals surface area contributed by atoms with Gasteiger partial charge in [-0.3, -0.25) is 9.78 Å². The van der Waals surface area contributed by atoms with Crippen LogP contribution in [0.3, 0.4) is 0 Å². The number of methoxy groups -OCH3 is 1. The number of nitrogens with zero attached hydrogens (tertiary/aromatic N) is 3. The van der Waals surface area contributed by atoms with Gasteiger partial charge in [-0.05, 0) is 42.7 Å². The highest BCUT2D eigenvalue weighted by Crippen LogP contribution is 2.19. The number of carbonyl (C=O) groups excluding carboxylic acids is 1. The van der Waals surface area contributed by atoms with Crippen molar-refractivity contribution in [2.24, 2.45) is 0 Å². The van der Waals surface area contributed by atoms with E-state index in [1.807, 2.05) is 37.3 Å². The van der Waals surface area contributed by atoms with Crippen LogP contribution in [0.1, 0.15) is 23.4 Å². The van der Waals surface area contributed by atoms with Crippen LogP contribution in [0.25, 0.3) is 11.4 Å². The molecule has 0 aliphatic rings. The second-order valence-corrected chi connectivity index (χ2v) is 6.06. The Kier molecular flexibility index (Phi) is 6.14. The van der Waals surface area contributed by atoms with Crippen LogP contribution in [0.15, 0.2) is 47.2 Å². The summed E-state index contributed by atoms with van der Waals surface area (Å²) in [5.74, 6) is 1.50. The number of aromatic nitrogens is 3. The number of pyridine rings is 1. The van der Waals surface area contributed by atoms with E-state index in [1.54, 1.807) is 19.5 Å². The van der Waals surface area contributed by atoms with Crippen LogP contribution < -0.4 is 4.74 Å². The minimum Gasteiger partial charge on any atom is -0.496 e. The van der Waals surface area contributed by atoms with Gasteiger partial charge in [0.1, 0.15) is 5.75 Å². The normalized spacial score (nSPS) is 10.6. The fraction of sp³-hybridized carbons (Fsp3) is 0.300. The molecule has 2 heterocycles. The van der Waals surface area contributed by atoms with Crippen molar-refractivity contribution in [1.29, 1.82) is 0 Å². The maximum absolute atomic E-state index is 12.0. The van der Waals surface area contributed by atoms with Gasteiger partial charge in [0.2, 0.25) is 11.7 Å². The Morgan fingerprint density at radius 2 is 2.15 bits per heavy atom. The van der Waals surface area contributed by atoms with Crippen LogP contribution in [0.2, 0.25) is 0 Å². The predicted molar refractivity (Wildman–Crippen MR) is 98.2 cm³/mol. The summed E-state index contributed by atoms with van der Waals surface area (Å²) in [7, 11) is 1.61. The molecular weight excluding hydrogens is 346 g/mol. The molecule has 1 aromatic carbocycles. The number of rotatable bonds is 8. The zero-order chi connectivity index (χ0) is 19.1. The van der Waals surface area contributed by atoms with Crippen molar-refractivity contribution >= 4 is 5.97 Å². The van der Waals surface area contributed by atoms with Gasteiger partial charge < -0.3 is 14.0 Å². The summed E-state index contributed by atoms with van der Waals surface area (Å²) < 4.78 is 15.8.